The van der Waals surface area contributed by atoms with Gasteiger partial charge in [0.15, 0.2) is 5.69 Å². The lowest BCUT2D eigenvalue weighted by atomic mass is 9.88. The molecule has 0 radical (unpaired) electrons. The molecule has 2 aliphatic carbocycles. The Hall–Kier alpha value is -4.00. The van der Waals surface area contributed by atoms with Gasteiger partial charge in [0.1, 0.15) is 6.33 Å². The van der Waals surface area contributed by atoms with Crippen LogP contribution in [-0.4, -0.2) is 37.8 Å². The van der Waals surface area contributed by atoms with E-state index in [1.807, 2.05) is 18.2 Å². The van der Waals surface area contributed by atoms with Crippen LogP contribution in [0.2, 0.25) is 0 Å². The summed E-state index contributed by atoms with van der Waals surface area (Å²) in [6, 6.07) is 12.3. The number of Topliss-reactive ketones (excluding diaryl/α,β-unsaturated/α-hetero) is 2. The van der Waals surface area contributed by atoms with Gasteiger partial charge in [-0.1, -0.05) is 42.5 Å². The molecule has 7 heteroatoms. The third kappa shape index (κ3) is 3.58. The van der Waals surface area contributed by atoms with Gasteiger partial charge in [0.2, 0.25) is 11.6 Å². The summed E-state index contributed by atoms with van der Waals surface area (Å²) in [4.78, 5) is 36.7. The summed E-state index contributed by atoms with van der Waals surface area (Å²) >= 11 is 0. The van der Waals surface area contributed by atoms with Crippen LogP contribution in [0.1, 0.15) is 21.6 Å². The van der Waals surface area contributed by atoms with E-state index in [-0.39, 0.29) is 23.7 Å². The van der Waals surface area contributed by atoms with Crippen molar-refractivity contribution in [3.63, 3.8) is 0 Å². The SMILES string of the molecule is O=C(O)c1cncnn1.O=C1C=c2ccc3c(c2CC1=O)CC=c1ccccc1=3. The normalized spacial score (nSPS) is 13.5. The lowest BCUT2D eigenvalue weighted by Crippen LogP contribution is -2.29. The number of benzene rings is 2. The molecule has 2 aromatic carbocycles. The lowest BCUT2D eigenvalue weighted by molar-refractivity contribution is -0.132. The summed E-state index contributed by atoms with van der Waals surface area (Å²) in [5.74, 6) is -1.79. The maximum absolute atomic E-state index is 11.7. The van der Waals surface area contributed by atoms with E-state index in [9.17, 15) is 14.4 Å². The minimum Gasteiger partial charge on any atom is -0.476 e. The predicted octanol–water partition coefficient (Wildman–Crippen LogP) is 0.355. The highest BCUT2D eigenvalue weighted by atomic mass is 16.4. The third-order valence-electron chi connectivity index (χ3n) is 4.84. The van der Waals surface area contributed by atoms with Crippen LogP contribution in [0.25, 0.3) is 12.2 Å². The summed E-state index contributed by atoms with van der Waals surface area (Å²) in [5.41, 5.74) is 2.08. The van der Waals surface area contributed by atoms with E-state index in [4.69, 9.17) is 5.11 Å². The zero-order valence-electron chi connectivity index (χ0n) is 15.2. The van der Waals surface area contributed by atoms with Crippen molar-refractivity contribution in [1.29, 1.82) is 0 Å². The highest BCUT2D eigenvalue weighted by Gasteiger charge is 2.21. The Morgan fingerprint density at radius 2 is 1.79 bits per heavy atom. The first-order chi connectivity index (χ1) is 14.0. The standard InChI is InChI=1S/C18H12O2.C4H3N3O2/c19-17-9-12-6-8-14-13-4-2-1-3-11(13)5-7-15(14)16(12)10-18(17)20;8-4(9)3-1-5-2-6-7-3/h1-6,8-9H,7,10H2;1-2H,(H,8,9). The fourth-order valence-electron chi connectivity index (χ4n) is 3.49. The van der Waals surface area contributed by atoms with Crippen LogP contribution < -0.4 is 10.4 Å². The number of carboxylic acid groups (broad SMARTS) is 1. The Bertz CT molecular complexity index is 1370. The van der Waals surface area contributed by atoms with Crippen molar-refractivity contribution >= 4 is 29.7 Å². The van der Waals surface area contributed by atoms with Gasteiger partial charge in [-0.05, 0) is 44.5 Å². The van der Waals surface area contributed by atoms with E-state index in [0.29, 0.717) is 0 Å². The Morgan fingerprint density at radius 3 is 2.52 bits per heavy atom. The smallest absolute Gasteiger partial charge is 0.358 e. The molecule has 1 N–H and O–H groups in total. The minimum atomic E-state index is -1.12. The highest BCUT2D eigenvalue weighted by Crippen LogP contribution is 2.15. The number of hydrogen-bond acceptors (Lipinski definition) is 6. The van der Waals surface area contributed by atoms with E-state index < -0.39 is 5.97 Å². The van der Waals surface area contributed by atoms with Crippen molar-refractivity contribution in [2.75, 3.05) is 0 Å². The van der Waals surface area contributed by atoms with Crippen LogP contribution >= 0.6 is 0 Å². The molecule has 7 nitrogen and oxygen atoms in total. The second-order valence-electron chi connectivity index (χ2n) is 6.56. The molecule has 142 valence electrons. The molecule has 0 atom stereocenters. The number of carbonyl (C=O) groups excluding carboxylic acids is 2. The summed E-state index contributed by atoms with van der Waals surface area (Å²) < 4.78 is 0. The molecule has 0 fully saturated rings. The largest absolute Gasteiger partial charge is 0.476 e. The van der Waals surface area contributed by atoms with E-state index >= 15 is 0 Å². The van der Waals surface area contributed by atoms with Crippen LogP contribution in [0.5, 0.6) is 0 Å². The van der Waals surface area contributed by atoms with Crippen LogP contribution in [0, 0.1) is 10.4 Å². The topological polar surface area (TPSA) is 110 Å². The number of carbonyl (C=O) groups is 3. The molecule has 0 unspecified atom stereocenters. The number of ketones is 2. The number of carboxylic acids is 1. The second kappa shape index (κ2) is 7.55. The van der Waals surface area contributed by atoms with Crippen molar-refractivity contribution in [2.24, 2.45) is 0 Å². The van der Waals surface area contributed by atoms with Crippen molar-refractivity contribution in [3.8, 4) is 0 Å². The van der Waals surface area contributed by atoms with Crippen molar-refractivity contribution in [3.05, 3.63) is 86.6 Å². The third-order valence-corrected chi connectivity index (χ3v) is 4.84. The van der Waals surface area contributed by atoms with E-state index in [1.54, 1.807) is 0 Å². The predicted molar refractivity (Wildman–Crippen MR) is 103 cm³/mol. The lowest BCUT2D eigenvalue weighted by Gasteiger charge is -2.15. The van der Waals surface area contributed by atoms with Gasteiger partial charge in [-0.3, -0.25) is 9.59 Å². The molecule has 0 aliphatic heterocycles. The highest BCUT2D eigenvalue weighted by molar-refractivity contribution is 6.49. The molecule has 0 saturated carbocycles. The summed E-state index contributed by atoms with van der Waals surface area (Å²) in [6.45, 7) is 0. The zero-order chi connectivity index (χ0) is 20.4. The van der Waals surface area contributed by atoms with Crippen molar-refractivity contribution in [1.82, 2.24) is 15.2 Å². The van der Waals surface area contributed by atoms with Crippen LogP contribution in [0.3, 0.4) is 0 Å². The van der Waals surface area contributed by atoms with Gasteiger partial charge in [0, 0.05) is 6.42 Å². The van der Waals surface area contributed by atoms with Gasteiger partial charge in [-0.25, -0.2) is 9.78 Å². The van der Waals surface area contributed by atoms with Gasteiger partial charge in [-0.2, -0.15) is 0 Å². The number of aromatic carboxylic acids is 1. The molecule has 0 saturated heterocycles. The molecule has 0 spiro atoms. The average molecular weight is 385 g/mol. The number of hydrogen-bond donors (Lipinski definition) is 1. The molecule has 0 amide bonds. The number of nitrogens with zero attached hydrogens (tertiary/aromatic N) is 3. The fourth-order valence-corrected chi connectivity index (χ4v) is 3.49. The van der Waals surface area contributed by atoms with Crippen LogP contribution in [-0.2, 0) is 22.4 Å². The zero-order valence-corrected chi connectivity index (χ0v) is 15.2. The minimum absolute atomic E-state index is 0.141. The maximum Gasteiger partial charge on any atom is 0.358 e. The Kier molecular flexibility index (Phi) is 4.78. The molecule has 1 aromatic heterocycles. The number of aromatic nitrogens is 3. The molecular weight excluding hydrogens is 370 g/mol. The number of fused-ring (bicyclic) bond motifs is 4. The monoisotopic (exact) mass is 385 g/mol. The first-order valence-corrected chi connectivity index (χ1v) is 8.90. The van der Waals surface area contributed by atoms with E-state index in [2.05, 4.69) is 39.5 Å². The Morgan fingerprint density at radius 1 is 0.966 bits per heavy atom. The molecule has 29 heavy (non-hydrogen) atoms. The Balaban J connectivity index is 0.000000192. The van der Waals surface area contributed by atoms with Crippen molar-refractivity contribution < 1.29 is 19.5 Å². The first-order valence-electron chi connectivity index (χ1n) is 8.90. The molecule has 5 rings (SSSR count). The molecule has 2 aliphatic rings. The molecule has 1 heterocycles. The average Bonchev–Trinajstić information content (AvgIpc) is 2.75. The summed E-state index contributed by atoms with van der Waals surface area (Å²) in [7, 11) is 0. The van der Waals surface area contributed by atoms with Gasteiger partial charge in [-0.15, -0.1) is 10.2 Å². The maximum atomic E-state index is 11.7. The quantitative estimate of drug-likeness (QED) is 0.602. The number of rotatable bonds is 1. The van der Waals surface area contributed by atoms with Gasteiger partial charge < -0.3 is 5.11 Å². The van der Waals surface area contributed by atoms with Gasteiger partial charge in [0.25, 0.3) is 0 Å². The molecule has 0 bridgehead atoms. The molecule has 3 aromatic rings. The summed E-state index contributed by atoms with van der Waals surface area (Å²) in [5, 5.41) is 19.3. The Labute approximate surface area is 164 Å². The summed E-state index contributed by atoms with van der Waals surface area (Å²) in [6.07, 6.45) is 7.04. The van der Waals surface area contributed by atoms with Crippen LogP contribution in [0.4, 0.5) is 0 Å². The second-order valence-corrected chi connectivity index (χ2v) is 6.56. The van der Waals surface area contributed by atoms with Gasteiger partial charge >= 0.3 is 5.97 Å². The van der Waals surface area contributed by atoms with E-state index in [0.717, 1.165) is 23.4 Å². The first kappa shape index (κ1) is 18.4. The molecular formula is C22H15N3O4. The fraction of sp³-hybridized carbons (Fsp3) is 0.0909. The van der Waals surface area contributed by atoms with E-state index in [1.165, 1.54) is 33.6 Å². The van der Waals surface area contributed by atoms with Crippen molar-refractivity contribution in [2.45, 2.75) is 12.8 Å². The van der Waals surface area contributed by atoms with Crippen LogP contribution in [0.15, 0.2) is 48.9 Å². The van der Waals surface area contributed by atoms with Gasteiger partial charge in [0.05, 0.1) is 6.20 Å².